The third-order valence-corrected chi connectivity index (χ3v) is 6.50. The van der Waals surface area contributed by atoms with E-state index >= 15 is 4.39 Å². The number of anilines is 3. The molecular formula is C30H34FN9O2. The van der Waals surface area contributed by atoms with Gasteiger partial charge in [0, 0.05) is 37.8 Å². The molecule has 0 unspecified atom stereocenters. The average molecular weight is 572 g/mol. The normalized spacial score (nSPS) is 13.0. The lowest BCUT2D eigenvalue weighted by Crippen LogP contribution is -2.44. The van der Waals surface area contributed by atoms with Gasteiger partial charge in [0.2, 0.25) is 0 Å². The lowest BCUT2D eigenvalue weighted by molar-refractivity contribution is -0.104. The summed E-state index contributed by atoms with van der Waals surface area (Å²) in [5.41, 5.74) is 3.32. The molecule has 2 aromatic carbocycles. The number of carbonyl (C=O) groups excluding carboxylic acids is 1. The van der Waals surface area contributed by atoms with Gasteiger partial charge in [0.1, 0.15) is 46.5 Å². The first-order valence-corrected chi connectivity index (χ1v) is 13.6. The highest BCUT2D eigenvalue weighted by Gasteiger charge is 2.18. The van der Waals surface area contributed by atoms with Crippen molar-refractivity contribution in [2.45, 2.75) is 20.8 Å². The number of piperazine rings is 1. The van der Waals surface area contributed by atoms with Gasteiger partial charge in [-0.2, -0.15) is 15.4 Å². The second-order valence-electron chi connectivity index (χ2n) is 9.17. The van der Waals surface area contributed by atoms with Crippen molar-refractivity contribution in [1.82, 2.24) is 35.3 Å². The predicted octanol–water partition coefficient (Wildman–Crippen LogP) is 5.43. The summed E-state index contributed by atoms with van der Waals surface area (Å²) in [4.78, 5) is 27.1. The number of likely N-dealkylation sites (N-methyl/N-ethyl adjacent to an activating group) is 1. The molecule has 42 heavy (non-hydrogen) atoms. The quantitative estimate of drug-likeness (QED) is 0.201. The van der Waals surface area contributed by atoms with E-state index in [1.54, 1.807) is 37.3 Å². The minimum Gasteiger partial charge on any atom is -0.457 e. The van der Waals surface area contributed by atoms with Gasteiger partial charge in [0.25, 0.3) is 0 Å². The molecule has 0 aliphatic carbocycles. The minimum absolute atomic E-state index is 0.276. The number of H-pyrrole nitrogens is 1. The topological polar surface area (TPSA) is 125 Å². The smallest absolute Gasteiger partial charge is 0.160 e. The maximum absolute atomic E-state index is 15.4. The Kier molecular flexibility index (Phi) is 10.1. The van der Waals surface area contributed by atoms with E-state index in [9.17, 15) is 0 Å². The van der Waals surface area contributed by atoms with Gasteiger partial charge in [-0.1, -0.05) is 20.4 Å². The number of hydrogen-bond donors (Lipinski definition) is 2. The Hall–Kier alpha value is -4.97. The summed E-state index contributed by atoms with van der Waals surface area (Å²) in [7, 11) is 2.11. The number of aromatic nitrogens is 6. The van der Waals surface area contributed by atoms with E-state index in [0.717, 1.165) is 37.5 Å². The van der Waals surface area contributed by atoms with E-state index in [1.165, 1.54) is 12.4 Å². The number of nitrogens with zero attached hydrogens (tertiary/aromatic N) is 7. The summed E-state index contributed by atoms with van der Waals surface area (Å²) in [6.07, 6.45) is 3.28. The highest BCUT2D eigenvalue weighted by Crippen LogP contribution is 2.33. The van der Waals surface area contributed by atoms with Gasteiger partial charge < -0.3 is 19.9 Å². The first kappa shape index (κ1) is 30.0. The highest BCUT2D eigenvalue weighted by molar-refractivity contribution is 5.88. The Labute approximate surface area is 243 Å². The van der Waals surface area contributed by atoms with E-state index in [4.69, 9.17) is 14.5 Å². The number of aldehydes is 1. The molecule has 1 fully saturated rings. The zero-order valence-corrected chi connectivity index (χ0v) is 24.1. The van der Waals surface area contributed by atoms with Crippen molar-refractivity contribution >= 4 is 45.7 Å². The number of pyridine rings is 1. The fourth-order valence-corrected chi connectivity index (χ4v) is 4.25. The summed E-state index contributed by atoms with van der Waals surface area (Å²) in [5, 5.41) is 13.8. The van der Waals surface area contributed by atoms with E-state index in [0.29, 0.717) is 45.7 Å². The van der Waals surface area contributed by atoms with Crippen LogP contribution in [-0.4, -0.2) is 74.8 Å². The third kappa shape index (κ3) is 6.84. The molecule has 218 valence electrons. The molecule has 0 saturated carbocycles. The number of allylic oxidation sites excluding steroid dienone is 1. The lowest BCUT2D eigenvalue weighted by Gasteiger charge is -2.33. The van der Waals surface area contributed by atoms with Crippen molar-refractivity contribution in [3.05, 3.63) is 72.8 Å². The van der Waals surface area contributed by atoms with Crippen LogP contribution in [0.25, 0.3) is 22.1 Å². The molecule has 6 rings (SSSR count). The molecular weight excluding hydrogens is 537 g/mol. The van der Waals surface area contributed by atoms with Crippen LogP contribution in [-0.2, 0) is 4.79 Å². The van der Waals surface area contributed by atoms with Crippen LogP contribution in [0.2, 0.25) is 0 Å². The van der Waals surface area contributed by atoms with Gasteiger partial charge in [0.15, 0.2) is 11.6 Å². The number of aromatic amines is 1. The maximum Gasteiger partial charge on any atom is 0.160 e. The predicted molar refractivity (Wildman–Crippen MR) is 163 cm³/mol. The number of halogens is 1. The highest BCUT2D eigenvalue weighted by atomic mass is 19.1. The van der Waals surface area contributed by atoms with Crippen LogP contribution in [0.3, 0.4) is 0 Å². The molecule has 5 aromatic rings. The molecule has 1 saturated heterocycles. The molecule has 0 atom stereocenters. The van der Waals surface area contributed by atoms with Crippen molar-refractivity contribution in [2.75, 3.05) is 43.4 Å². The summed E-state index contributed by atoms with van der Waals surface area (Å²) in [6.45, 7) is 12.5. The summed E-state index contributed by atoms with van der Waals surface area (Å²) in [5.74, 6) is 1.82. The Morgan fingerprint density at radius 1 is 1.00 bits per heavy atom. The zero-order valence-electron chi connectivity index (χ0n) is 24.1. The molecule has 2 N–H and O–H groups in total. The zero-order chi connectivity index (χ0) is 30.1. The van der Waals surface area contributed by atoms with Crippen LogP contribution >= 0.6 is 0 Å². The first-order chi connectivity index (χ1) is 20.5. The fourth-order valence-electron chi connectivity index (χ4n) is 4.25. The number of nitrogens with one attached hydrogen (secondary N) is 2. The molecule has 12 heteroatoms. The fraction of sp³-hybridized carbons (Fsp3) is 0.267. The molecule has 0 radical (unpaired) electrons. The third-order valence-electron chi connectivity index (χ3n) is 6.50. The van der Waals surface area contributed by atoms with Gasteiger partial charge in [-0.15, -0.1) is 0 Å². The average Bonchev–Trinajstić information content (AvgIpc) is 3.50. The standard InChI is InChI=1S/C25H24FN9O.C3H4O.C2H6/c1-15-21(36-16-3-4-17-20(13-16)32-33-31-17)7-5-18(23(15)26)29-25-24-19(27-14-28-25)6-8-22(30-24)35-11-9-34(2)10-12-35;1-2-3-4;1-2/h3-8,13-14H,9-12H2,1-2H3,(H,27,28,29)(H,31,32,33);2-3H,1H2;1-2H3. The van der Waals surface area contributed by atoms with E-state index < -0.39 is 5.82 Å². The summed E-state index contributed by atoms with van der Waals surface area (Å²) < 4.78 is 21.4. The van der Waals surface area contributed by atoms with Crippen molar-refractivity contribution in [1.29, 1.82) is 0 Å². The molecule has 1 aliphatic rings. The van der Waals surface area contributed by atoms with E-state index in [1.807, 2.05) is 26.0 Å². The number of carbonyl (C=O) groups is 1. The number of ether oxygens (including phenoxy) is 1. The maximum atomic E-state index is 15.4. The van der Waals surface area contributed by atoms with E-state index in [2.05, 4.69) is 54.1 Å². The van der Waals surface area contributed by atoms with Crippen molar-refractivity contribution < 1.29 is 13.9 Å². The van der Waals surface area contributed by atoms with E-state index in [-0.39, 0.29) is 5.69 Å². The molecule has 1 aliphatic heterocycles. The number of fused-ring (bicyclic) bond motifs is 2. The SMILES string of the molecule is C=CC=O.CC.Cc1c(Oc2ccc3n[nH]nc3c2)ccc(Nc2ncnc3ccc(N4CCN(C)CC4)nc23)c1F. The van der Waals surface area contributed by atoms with Crippen molar-refractivity contribution in [3.8, 4) is 11.5 Å². The first-order valence-electron chi connectivity index (χ1n) is 13.6. The van der Waals surface area contributed by atoms with Gasteiger partial charge in [-0.3, -0.25) is 4.79 Å². The van der Waals surface area contributed by atoms with Crippen LogP contribution in [0, 0.1) is 12.7 Å². The number of rotatable bonds is 6. The Bertz CT molecular complexity index is 1660. The van der Waals surface area contributed by atoms with Gasteiger partial charge in [-0.05, 0) is 56.4 Å². The molecule has 4 heterocycles. The van der Waals surface area contributed by atoms with Crippen LogP contribution in [0.5, 0.6) is 11.5 Å². The summed E-state index contributed by atoms with van der Waals surface area (Å²) >= 11 is 0. The van der Waals surface area contributed by atoms with Crippen molar-refractivity contribution in [2.24, 2.45) is 0 Å². The molecule has 11 nitrogen and oxygen atoms in total. The molecule has 0 amide bonds. The molecule has 0 bridgehead atoms. The number of hydrogen-bond acceptors (Lipinski definition) is 10. The van der Waals surface area contributed by atoms with Crippen LogP contribution in [0.15, 0.2) is 61.4 Å². The lowest BCUT2D eigenvalue weighted by atomic mass is 10.1. The number of benzene rings is 2. The van der Waals surface area contributed by atoms with Crippen LogP contribution < -0.4 is 15.0 Å². The Balaban J connectivity index is 0.000000624. The Morgan fingerprint density at radius 2 is 1.71 bits per heavy atom. The molecule has 3 aromatic heterocycles. The van der Waals surface area contributed by atoms with Crippen molar-refractivity contribution in [3.63, 3.8) is 0 Å². The molecule has 0 spiro atoms. The minimum atomic E-state index is -0.433. The second kappa shape index (κ2) is 14.1. The van der Waals surface area contributed by atoms with Gasteiger partial charge >= 0.3 is 0 Å². The van der Waals surface area contributed by atoms with Gasteiger partial charge in [-0.25, -0.2) is 19.3 Å². The van der Waals surface area contributed by atoms with Crippen LogP contribution in [0.4, 0.5) is 21.7 Å². The second-order valence-corrected chi connectivity index (χ2v) is 9.17. The van der Waals surface area contributed by atoms with Gasteiger partial charge in [0.05, 0.1) is 11.2 Å². The monoisotopic (exact) mass is 571 g/mol. The Morgan fingerprint density at radius 3 is 2.45 bits per heavy atom. The largest absolute Gasteiger partial charge is 0.457 e. The summed E-state index contributed by atoms with van der Waals surface area (Å²) in [6, 6.07) is 12.6. The van der Waals surface area contributed by atoms with Crippen LogP contribution in [0.1, 0.15) is 19.4 Å².